The lowest BCUT2D eigenvalue weighted by molar-refractivity contribution is 0.233. The molecule has 24 heavy (non-hydrogen) atoms. The van der Waals surface area contributed by atoms with Crippen molar-refractivity contribution >= 4 is 5.82 Å². The highest BCUT2D eigenvalue weighted by Gasteiger charge is 2.32. The molecule has 2 aromatic rings. The summed E-state index contributed by atoms with van der Waals surface area (Å²) in [7, 11) is 1.95. The fourth-order valence-corrected chi connectivity index (χ4v) is 2.93. The molecule has 1 aliphatic heterocycles. The number of aryl methyl sites for hydroxylation is 1. The predicted octanol–water partition coefficient (Wildman–Crippen LogP) is 1.63. The fourth-order valence-electron chi connectivity index (χ4n) is 2.93. The van der Waals surface area contributed by atoms with E-state index in [2.05, 4.69) is 25.2 Å². The maximum atomic E-state index is 13.9. The molecule has 7 nitrogen and oxygen atoms in total. The van der Waals surface area contributed by atoms with Gasteiger partial charge in [0.05, 0.1) is 25.5 Å². The molecule has 0 aromatic carbocycles. The number of nitrogens with one attached hydrogen (secondary N) is 1. The Morgan fingerprint density at radius 3 is 3.04 bits per heavy atom. The fraction of sp³-hybridized carbons (Fsp3) is 0.562. The van der Waals surface area contributed by atoms with E-state index < -0.39 is 6.17 Å². The van der Waals surface area contributed by atoms with E-state index >= 15 is 0 Å². The number of aromatic nitrogens is 4. The van der Waals surface area contributed by atoms with Crippen LogP contribution >= 0.6 is 0 Å². The summed E-state index contributed by atoms with van der Waals surface area (Å²) < 4.78 is 21.2. The molecule has 0 spiro atoms. The van der Waals surface area contributed by atoms with Crippen molar-refractivity contribution in [1.29, 1.82) is 0 Å². The third-order valence-electron chi connectivity index (χ3n) is 4.17. The van der Waals surface area contributed by atoms with E-state index in [1.165, 1.54) is 0 Å². The molecule has 1 saturated heterocycles. The second kappa shape index (κ2) is 7.57. The van der Waals surface area contributed by atoms with Crippen molar-refractivity contribution in [1.82, 2.24) is 24.4 Å². The van der Waals surface area contributed by atoms with Crippen molar-refractivity contribution in [3.63, 3.8) is 0 Å². The van der Waals surface area contributed by atoms with Crippen LogP contribution in [0.2, 0.25) is 0 Å². The van der Waals surface area contributed by atoms with Gasteiger partial charge in [-0.2, -0.15) is 4.98 Å². The normalized spacial score (nSPS) is 21.1. The van der Waals surface area contributed by atoms with Crippen LogP contribution < -0.4 is 10.1 Å². The Balaban J connectivity index is 1.60. The standard InChI is InChI=1S/C16H23FN6O/c1-3-24-16-9-18-8-14(21-16)20-7-13-6-12(17)10-23(13)11-15-19-4-5-22(15)2/h4-5,8-9,12-13H,3,6-7,10-11H2,1-2H3,(H,20,21)/t12-,13-/m0/s1. The minimum atomic E-state index is -0.807. The number of hydrogen-bond donors (Lipinski definition) is 1. The van der Waals surface area contributed by atoms with Gasteiger partial charge in [-0.25, -0.2) is 9.37 Å². The molecule has 0 radical (unpaired) electrons. The highest BCUT2D eigenvalue weighted by Crippen LogP contribution is 2.22. The van der Waals surface area contributed by atoms with Crippen LogP contribution in [0.1, 0.15) is 19.2 Å². The van der Waals surface area contributed by atoms with Crippen molar-refractivity contribution in [2.75, 3.05) is 25.0 Å². The van der Waals surface area contributed by atoms with Crippen LogP contribution in [0.25, 0.3) is 0 Å². The predicted molar refractivity (Wildman–Crippen MR) is 88.6 cm³/mol. The van der Waals surface area contributed by atoms with Crippen LogP contribution in [0.4, 0.5) is 10.2 Å². The maximum absolute atomic E-state index is 13.9. The topological polar surface area (TPSA) is 68.1 Å². The second-order valence-corrected chi connectivity index (χ2v) is 5.93. The molecule has 3 heterocycles. The molecular formula is C16H23FN6O. The number of rotatable bonds is 7. The van der Waals surface area contributed by atoms with Gasteiger partial charge in [0.15, 0.2) is 0 Å². The van der Waals surface area contributed by atoms with Crippen LogP contribution in [0, 0.1) is 0 Å². The average Bonchev–Trinajstić information content (AvgIpc) is 3.12. The summed E-state index contributed by atoms with van der Waals surface area (Å²) in [6.07, 6.45) is 6.59. The molecule has 3 rings (SSSR count). The number of halogens is 1. The Bertz CT molecular complexity index is 664. The van der Waals surface area contributed by atoms with Crippen molar-refractivity contribution in [2.24, 2.45) is 7.05 Å². The zero-order valence-electron chi connectivity index (χ0n) is 14.0. The van der Waals surface area contributed by atoms with Gasteiger partial charge < -0.3 is 14.6 Å². The van der Waals surface area contributed by atoms with Gasteiger partial charge in [-0.15, -0.1) is 0 Å². The Kier molecular flexibility index (Phi) is 5.24. The first-order valence-corrected chi connectivity index (χ1v) is 8.18. The van der Waals surface area contributed by atoms with E-state index in [1.54, 1.807) is 18.6 Å². The summed E-state index contributed by atoms with van der Waals surface area (Å²) in [4.78, 5) is 14.9. The first-order valence-electron chi connectivity index (χ1n) is 8.18. The monoisotopic (exact) mass is 334 g/mol. The van der Waals surface area contributed by atoms with Gasteiger partial charge in [0, 0.05) is 38.6 Å². The molecule has 0 saturated carbocycles. The Labute approximate surface area is 140 Å². The quantitative estimate of drug-likeness (QED) is 0.830. The van der Waals surface area contributed by atoms with E-state index in [0.29, 0.717) is 44.4 Å². The van der Waals surface area contributed by atoms with Crippen molar-refractivity contribution in [3.05, 3.63) is 30.6 Å². The summed E-state index contributed by atoms with van der Waals surface area (Å²) >= 11 is 0. The van der Waals surface area contributed by atoms with Gasteiger partial charge in [0.25, 0.3) is 0 Å². The number of anilines is 1. The highest BCUT2D eigenvalue weighted by atomic mass is 19.1. The van der Waals surface area contributed by atoms with E-state index in [4.69, 9.17) is 4.74 Å². The van der Waals surface area contributed by atoms with E-state index in [0.717, 1.165) is 5.82 Å². The molecule has 0 amide bonds. The first-order chi connectivity index (χ1) is 11.7. The molecule has 1 N–H and O–H groups in total. The number of alkyl halides is 1. The molecule has 1 aliphatic rings. The zero-order chi connectivity index (χ0) is 16.9. The molecule has 2 aromatic heterocycles. The van der Waals surface area contributed by atoms with Gasteiger partial charge >= 0.3 is 0 Å². The number of nitrogens with zero attached hydrogens (tertiary/aromatic N) is 5. The van der Waals surface area contributed by atoms with Gasteiger partial charge in [-0.1, -0.05) is 0 Å². The van der Waals surface area contributed by atoms with Crippen LogP contribution in [0.5, 0.6) is 5.88 Å². The molecule has 0 bridgehead atoms. The average molecular weight is 334 g/mol. The van der Waals surface area contributed by atoms with Gasteiger partial charge in [-0.05, 0) is 13.3 Å². The number of hydrogen-bond acceptors (Lipinski definition) is 6. The molecule has 0 aliphatic carbocycles. The SMILES string of the molecule is CCOc1cncc(NC[C@@H]2C[C@H](F)CN2Cc2nccn2C)n1. The lowest BCUT2D eigenvalue weighted by Crippen LogP contribution is -2.35. The largest absolute Gasteiger partial charge is 0.477 e. The molecular weight excluding hydrogens is 311 g/mol. The van der Waals surface area contributed by atoms with Crippen LogP contribution in [0.15, 0.2) is 24.8 Å². The number of imidazole rings is 1. The summed E-state index contributed by atoms with van der Waals surface area (Å²) in [5.74, 6) is 2.06. The molecule has 8 heteroatoms. The minimum Gasteiger partial charge on any atom is -0.477 e. The van der Waals surface area contributed by atoms with Crippen LogP contribution in [-0.4, -0.2) is 56.3 Å². The van der Waals surface area contributed by atoms with Crippen molar-refractivity contribution in [2.45, 2.75) is 32.1 Å². The summed E-state index contributed by atoms with van der Waals surface area (Å²) in [6, 6.07) is 0.0919. The summed E-state index contributed by atoms with van der Waals surface area (Å²) in [5.41, 5.74) is 0. The highest BCUT2D eigenvalue weighted by molar-refractivity contribution is 5.33. The smallest absolute Gasteiger partial charge is 0.234 e. The maximum Gasteiger partial charge on any atom is 0.234 e. The Hall–Kier alpha value is -2.22. The number of ether oxygens (including phenoxy) is 1. The summed E-state index contributed by atoms with van der Waals surface area (Å²) in [5, 5.41) is 3.24. The lowest BCUT2D eigenvalue weighted by Gasteiger charge is -2.24. The van der Waals surface area contributed by atoms with Crippen LogP contribution in [-0.2, 0) is 13.6 Å². The van der Waals surface area contributed by atoms with Crippen molar-refractivity contribution < 1.29 is 9.13 Å². The molecule has 1 fully saturated rings. The lowest BCUT2D eigenvalue weighted by atomic mass is 10.2. The third kappa shape index (κ3) is 4.00. The molecule has 130 valence electrons. The van der Waals surface area contributed by atoms with E-state index in [1.807, 2.05) is 24.7 Å². The summed E-state index contributed by atoms with van der Waals surface area (Å²) in [6.45, 7) is 4.12. The van der Waals surface area contributed by atoms with Crippen LogP contribution in [0.3, 0.4) is 0 Å². The minimum absolute atomic E-state index is 0.0919. The van der Waals surface area contributed by atoms with Gasteiger partial charge in [0.1, 0.15) is 17.8 Å². The molecule has 2 atom stereocenters. The van der Waals surface area contributed by atoms with E-state index in [9.17, 15) is 4.39 Å². The second-order valence-electron chi connectivity index (χ2n) is 5.93. The third-order valence-corrected chi connectivity index (χ3v) is 4.17. The van der Waals surface area contributed by atoms with Gasteiger partial charge in [-0.3, -0.25) is 9.88 Å². The number of likely N-dealkylation sites (tertiary alicyclic amines) is 1. The Morgan fingerprint density at radius 1 is 1.42 bits per heavy atom. The van der Waals surface area contributed by atoms with Gasteiger partial charge in [0.2, 0.25) is 5.88 Å². The van der Waals surface area contributed by atoms with E-state index in [-0.39, 0.29) is 6.04 Å². The zero-order valence-corrected chi connectivity index (χ0v) is 14.0. The van der Waals surface area contributed by atoms with Crippen molar-refractivity contribution in [3.8, 4) is 5.88 Å². The Morgan fingerprint density at radius 2 is 2.29 bits per heavy atom. The first kappa shape index (κ1) is 16.6. The molecule has 0 unspecified atom stereocenters.